The summed E-state index contributed by atoms with van der Waals surface area (Å²) in [5.41, 5.74) is 7.16. The average Bonchev–Trinajstić information content (AvgIpc) is 2.53. The predicted molar refractivity (Wildman–Crippen MR) is 58.5 cm³/mol. The molecule has 5 nitrogen and oxygen atoms in total. The molecule has 0 radical (unpaired) electrons. The Balaban J connectivity index is 2.65. The molecule has 0 aliphatic carbocycles. The molecule has 0 aliphatic heterocycles. The molecule has 1 heterocycles. The maximum absolute atomic E-state index is 11.4. The second-order valence-corrected chi connectivity index (χ2v) is 3.32. The summed E-state index contributed by atoms with van der Waals surface area (Å²) in [6.45, 7) is 0. The van der Waals surface area contributed by atoms with E-state index in [2.05, 4.69) is 10.4 Å². The van der Waals surface area contributed by atoms with Gasteiger partial charge in [0.15, 0.2) is 5.82 Å². The first-order chi connectivity index (χ1) is 7.13. The number of amides is 1. The fourth-order valence-electron chi connectivity index (χ4n) is 1.57. The first-order valence-electron chi connectivity index (χ1n) is 4.58. The first kappa shape index (κ1) is 9.51. The van der Waals surface area contributed by atoms with Crippen LogP contribution in [0.5, 0.6) is 0 Å². The molecule has 1 aromatic heterocycles. The third-order valence-electron chi connectivity index (χ3n) is 2.37. The zero-order valence-electron chi connectivity index (χ0n) is 8.61. The maximum atomic E-state index is 11.4. The molecule has 1 amide bonds. The summed E-state index contributed by atoms with van der Waals surface area (Å²) < 4.78 is 1.66. The number of nitrogens with zero attached hydrogens (tertiary/aromatic N) is 2. The van der Waals surface area contributed by atoms with Gasteiger partial charge in [0.05, 0.1) is 5.52 Å². The molecule has 0 unspecified atom stereocenters. The lowest BCUT2D eigenvalue weighted by molar-refractivity contribution is 0.0963. The zero-order valence-corrected chi connectivity index (χ0v) is 8.61. The summed E-state index contributed by atoms with van der Waals surface area (Å²) in [6, 6.07) is 5.32. The Morgan fingerprint density at radius 2 is 2.27 bits per heavy atom. The van der Waals surface area contributed by atoms with Crippen molar-refractivity contribution >= 4 is 22.6 Å². The van der Waals surface area contributed by atoms with Crippen molar-refractivity contribution in [3.8, 4) is 0 Å². The van der Waals surface area contributed by atoms with Crippen LogP contribution in [0.4, 0.5) is 5.82 Å². The van der Waals surface area contributed by atoms with Crippen molar-refractivity contribution in [1.82, 2.24) is 15.1 Å². The number of hydrogen-bond acceptors (Lipinski definition) is 3. The van der Waals surface area contributed by atoms with Crippen LogP contribution in [0.3, 0.4) is 0 Å². The van der Waals surface area contributed by atoms with Crippen LogP contribution in [0.25, 0.3) is 10.9 Å². The van der Waals surface area contributed by atoms with E-state index in [1.807, 2.05) is 6.07 Å². The number of hydrogen-bond donors (Lipinski definition) is 2. The van der Waals surface area contributed by atoms with Gasteiger partial charge in [-0.25, -0.2) is 0 Å². The van der Waals surface area contributed by atoms with Crippen LogP contribution in [-0.2, 0) is 7.05 Å². The SMILES string of the molecule is CNC(=O)c1ccc2c(N)nn(C)c2c1. The molecule has 78 valence electrons. The Morgan fingerprint density at radius 1 is 1.53 bits per heavy atom. The van der Waals surface area contributed by atoms with Gasteiger partial charge in [0, 0.05) is 25.0 Å². The van der Waals surface area contributed by atoms with Gasteiger partial charge in [-0.1, -0.05) is 0 Å². The van der Waals surface area contributed by atoms with Crippen molar-refractivity contribution in [2.75, 3.05) is 12.8 Å². The number of aromatic nitrogens is 2. The Hall–Kier alpha value is -2.04. The summed E-state index contributed by atoms with van der Waals surface area (Å²) >= 11 is 0. The average molecular weight is 204 g/mol. The van der Waals surface area contributed by atoms with E-state index in [4.69, 9.17) is 5.73 Å². The highest BCUT2D eigenvalue weighted by Gasteiger charge is 2.09. The molecule has 3 N–H and O–H groups in total. The number of rotatable bonds is 1. The highest BCUT2D eigenvalue weighted by Crippen LogP contribution is 2.20. The summed E-state index contributed by atoms with van der Waals surface area (Å²) in [5.74, 6) is 0.368. The van der Waals surface area contributed by atoms with E-state index in [0.29, 0.717) is 11.4 Å². The van der Waals surface area contributed by atoms with Crippen molar-refractivity contribution in [3.63, 3.8) is 0 Å². The molecule has 0 saturated heterocycles. The van der Waals surface area contributed by atoms with E-state index in [1.54, 1.807) is 30.9 Å². The second kappa shape index (κ2) is 3.27. The molecular formula is C10H12N4O. The van der Waals surface area contributed by atoms with Gasteiger partial charge in [-0.05, 0) is 18.2 Å². The first-order valence-corrected chi connectivity index (χ1v) is 4.58. The number of benzene rings is 1. The van der Waals surface area contributed by atoms with Crippen molar-refractivity contribution in [3.05, 3.63) is 23.8 Å². The molecule has 0 bridgehead atoms. The number of nitrogen functional groups attached to an aromatic ring is 1. The van der Waals surface area contributed by atoms with E-state index < -0.39 is 0 Å². The maximum Gasteiger partial charge on any atom is 0.251 e. The molecule has 0 fully saturated rings. The number of aryl methyl sites for hydroxylation is 1. The van der Waals surface area contributed by atoms with Gasteiger partial charge in [-0.3, -0.25) is 9.48 Å². The summed E-state index contributed by atoms with van der Waals surface area (Å²) in [4.78, 5) is 11.4. The number of carbonyl (C=O) groups is 1. The molecule has 0 atom stereocenters. The Kier molecular flexibility index (Phi) is 2.07. The van der Waals surface area contributed by atoms with Gasteiger partial charge in [-0.15, -0.1) is 0 Å². The number of carbonyl (C=O) groups excluding carboxylic acids is 1. The topological polar surface area (TPSA) is 72.9 Å². The number of nitrogens with one attached hydrogen (secondary N) is 1. The lowest BCUT2D eigenvalue weighted by Crippen LogP contribution is -2.17. The quantitative estimate of drug-likeness (QED) is 0.711. The van der Waals surface area contributed by atoms with Crippen LogP contribution in [0, 0.1) is 0 Å². The molecule has 2 aromatic rings. The van der Waals surface area contributed by atoms with Gasteiger partial charge in [0.25, 0.3) is 5.91 Å². The number of anilines is 1. The minimum absolute atomic E-state index is 0.114. The van der Waals surface area contributed by atoms with Crippen LogP contribution in [0.1, 0.15) is 10.4 Å². The molecule has 15 heavy (non-hydrogen) atoms. The second-order valence-electron chi connectivity index (χ2n) is 3.32. The lowest BCUT2D eigenvalue weighted by Gasteiger charge is -2.00. The molecule has 0 saturated carbocycles. The van der Waals surface area contributed by atoms with Crippen molar-refractivity contribution in [1.29, 1.82) is 0 Å². The minimum atomic E-state index is -0.114. The molecule has 0 aliphatic rings. The highest BCUT2D eigenvalue weighted by molar-refractivity contribution is 5.99. The molecule has 5 heteroatoms. The summed E-state index contributed by atoms with van der Waals surface area (Å²) in [5, 5.41) is 7.52. The lowest BCUT2D eigenvalue weighted by atomic mass is 10.1. The van der Waals surface area contributed by atoms with Gasteiger partial charge in [0.2, 0.25) is 0 Å². The standard InChI is InChI=1S/C10H12N4O/c1-12-10(15)6-3-4-7-8(5-6)14(2)13-9(7)11/h3-5H,1-2H3,(H2,11,13)(H,12,15). The van der Waals surface area contributed by atoms with Gasteiger partial charge in [0.1, 0.15) is 0 Å². The van der Waals surface area contributed by atoms with Crippen LogP contribution < -0.4 is 11.1 Å². The fraction of sp³-hybridized carbons (Fsp3) is 0.200. The number of fused-ring (bicyclic) bond motifs is 1. The largest absolute Gasteiger partial charge is 0.382 e. The third kappa shape index (κ3) is 1.41. The highest BCUT2D eigenvalue weighted by atomic mass is 16.1. The smallest absolute Gasteiger partial charge is 0.251 e. The monoisotopic (exact) mass is 204 g/mol. The van der Waals surface area contributed by atoms with E-state index in [9.17, 15) is 4.79 Å². The van der Waals surface area contributed by atoms with Crippen LogP contribution in [0.15, 0.2) is 18.2 Å². The zero-order chi connectivity index (χ0) is 11.0. The third-order valence-corrected chi connectivity index (χ3v) is 2.37. The van der Waals surface area contributed by atoms with Crippen LogP contribution >= 0.6 is 0 Å². The predicted octanol–water partition coefficient (Wildman–Crippen LogP) is 0.515. The normalized spacial score (nSPS) is 10.5. The van der Waals surface area contributed by atoms with E-state index in [0.717, 1.165) is 10.9 Å². The summed E-state index contributed by atoms with van der Waals surface area (Å²) in [6.07, 6.45) is 0. The minimum Gasteiger partial charge on any atom is -0.382 e. The summed E-state index contributed by atoms with van der Waals surface area (Å²) in [7, 11) is 3.40. The Labute approximate surface area is 86.9 Å². The number of nitrogens with two attached hydrogens (primary N) is 1. The van der Waals surface area contributed by atoms with Crippen molar-refractivity contribution < 1.29 is 4.79 Å². The van der Waals surface area contributed by atoms with Crippen molar-refractivity contribution in [2.24, 2.45) is 7.05 Å². The fourth-order valence-corrected chi connectivity index (χ4v) is 1.57. The Morgan fingerprint density at radius 3 is 2.93 bits per heavy atom. The molecule has 2 rings (SSSR count). The van der Waals surface area contributed by atoms with Crippen LogP contribution in [-0.4, -0.2) is 22.7 Å². The van der Waals surface area contributed by atoms with Crippen molar-refractivity contribution in [2.45, 2.75) is 0 Å². The van der Waals surface area contributed by atoms with E-state index in [1.165, 1.54) is 0 Å². The van der Waals surface area contributed by atoms with Gasteiger partial charge >= 0.3 is 0 Å². The molecule has 0 spiro atoms. The van der Waals surface area contributed by atoms with Crippen LogP contribution in [0.2, 0.25) is 0 Å². The van der Waals surface area contributed by atoms with E-state index in [-0.39, 0.29) is 5.91 Å². The molecule has 1 aromatic carbocycles. The van der Waals surface area contributed by atoms with E-state index >= 15 is 0 Å². The molecular weight excluding hydrogens is 192 g/mol. The van der Waals surface area contributed by atoms with Gasteiger partial charge < -0.3 is 11.1 Å². The Bertz CT molecular complexity index is 529. The van der Waals surface area contributed by atoms with Gasteiger partial charge in [-0.2, -0.15) is 5.10 Å².